The van der Waals surface area contributed by atoms with Gasteiger partial charge in [-0.3, -0.25) is 4.79 Å². The average molecular weight is 312 g/mol. The molecule has 2 heterocycles. The quantitative estimate of drug-likeness (QED) is 0.942. The van der Waals surface area contributed by atoms with Crippen molar-refractivity contribution in [1.29, 1.82) is 0 Å². The van der Waals surface area contributed by atoms with Crippen LogP contribution in [0.15, 0.2) is 24.4 Å². The Balaban J connectivity index is 2.23. The van der Waals surface area contributed by atoms with E-state index in [2.05, 4.69) is 20.3 Å². The Bertz CT molecular complexity index is 687. The van der Waals surface area contributed by atoms with E-state index in [0.29, 0.717) is 17.6 Å². The van der Waals surface area contributed by atoms with E-state index in [9.17, 15) is 18.0 Å². The molecule has 0 aromatic carbocycles. The molecule has 2 rings (SSSR count). The number of pyridine rings is 1. The molecule has 0 saturated heterocycles. The fourth-order valence-corrected chi connectivity index (χ4v) is 1.60. The van der Waals surface area contributed by atoms with Crippen molar-refractivity contribution in [2.75, 3.05) is 12.4 Å². The number of alkyl halides is 3. The van der Waals surface area contributed by atoms with Gasteiger partial charge >= 0.3 is 6.18 Å². The molecule has 0 saturated carbocycles. The summed E-state index contributed by atoms with van der Waals surface area (Å²) >= 11 is 0. The SMILES string of the molecule is COc1ccc(NC(=O)c2cc(C(F)(F)F)nc(C)n2)cn1. The maximum absolute atomic E-state index is 12.7. The highest BCUT2D eigenvalue weighted by atomic mass is 19.4. The summed E-state index contributed by atoms with van der Waals surface area (Å²) in [6, 6.07) is 3.60. The summed E-state index contributed by atoms with van der Waals surface area (Å²) in [5, 5.41) is 2.40. The molecule has 9 heteroatoms. The van der Waals surface area contributed by atoms with Crippen LogP contribution in [0, 0.1) is 6.92 Å². The lowest BCUT2D eigenvalue weighted by molar-refractivity contribution is -0.141. The minimum atomic E-state index is -4.65. The standard InChI is InChI=1S/C13H11F3N4O2/c1-7-18-9(5-10(19-7)13(14,15)16)12(21)20-8-3-4-11(22-2)17-6-8/h3-6H,1-2H3,(H,20,21). The van der Waals surface area contributed by atoms with Crippen molar-refractivity contribution in [1.82, 2.24) is 15.0 Å². The lowest BCUT2D eigenvalue weighted by Gasteiger charge is -2.09. The number of methoxy groups -OCH3 is 1. The molecule has 1 amide bonds. The maximum Gasteiger partial charge on any atom is 0.433 e. The van der Waals surface area contributed by atoms with E-state index in [-0.39, 0.29) is 11.5 Å². The molecule has 2 aromatic heterocycles. The number of aryl methyl sites for hydroxylation is 1. The highest BCUT2D eigenvalue weighted by molar-refractivity contribution is 6.02. The van der Waals surface area contributed by atoms with Crippen molar-refractivity contribution < 1.29 is 22.7 Å². The minimum absolute atomic E-state index is 0.146. The zero-order chi connectivity index (χ0) is 16.3. The molecule has 6 nitrogen and oxygen atoms in total. The van der Waals surface area contributed by atoms with E-state index < -0.39 is 17.8 Å². The smallest absolute Gasteiger partial charge is 0.433 e. The monoisotopic (exact) mass is 312 g/mol. The van der Waals surface area contributed by atoms with Gasteiger partial charge in [0.05, 0.1) is 19.0 Å². The Morgan fingerprint density at radius 1 is 1.27 bits per heavy atom. The Morgan fingerprint density at radius 3 is 2.55 bits per heavy atom. The highest BCUT2D eigenvalue weighted by Crippen LogP contribution is 2.28. The molecule has 0 unspecified atom stereocenters. The van der Waals surface area contributed by atoms with Crippen LogP contribution in [0.1, 0.15) is 22.0 Å². The predicted octanol–water partition coefficient (Wildman–Crippen LogP) is 2.46. The van der Waals surface area contributed by atoms with E-state index in [4.69, 9.17) is 4.74 Å². The van der Waals surface area contributed by atoms with Crippen molar-refractivity contribution in [3.05, 3.63) is 41.6 Å². The Morgan fingerprint density at radius 2 is 2.00 bits per heavy atom. The predicted molar refractivity (Wildman–Crippen MR) is 70.5 cm³/mol. The maximum atomic E-state index is 12.7. The van der Waals surface area contributed by atoms with Gasteiger partial charge in [0.25, 0.3) is 5.91 Å². The van der Waals surface area contributed by atoms with Crippen molar-refractivity contribution in [2.24, 2.45) is 0 Å². The number of hydrogen-bond acceptors (Lipinski definition) is 5. The number of nitrogens with one attached hydrogen (secondary N) is 1. The van der Waals surface area contributed by atoms with Crippen molar-refractivity contribution in [3.8, 4) is 5.88 Å². The number of carbonyl (C=O) groups excluding carboxylic acids is 1. The summed E-state index contributed by atoms with van der Waals surface area (Å²) in [4.78, 5) is 22.8. The molecule has 0 radical (unpaired) electrons. The van der Waals surface area contributed by atoms with Crippen LogP contribution in [0.25, 0.3) is 0 Å². The van der Waals surface area contributed by atoms with E-state index in [0.717, 1.165) is 0 Å². The van der Waals surface area contributed by atoms with Crippen LogP contribution in [0.4, 0.5) is 18.9 Å². The molecule has 0 aliphatic rings. The van der Waals surface area contributed by atoms with Crippen LogP contribution >= 0.6 is 0 Å². The third-order valence-electron chi connectivity index (χ3n) is 2.56. The summed E-state index contributed by atoms with van der Waals surface area (Å²) in [7, 11) is 1.43. The zero-order valence-electron chi connectivity index (χ0n) is 11.6. The molecule has 0 aliphatic heterocycles. The number of amides is 1. The fourth-order valence-electron chi connectivity index (χ4n) is 1.60. The Hall–Kier alpha value is -2.71. The van der Waals surface area contributed by atoms with E-state index in [1.165, 1.54) is 32.4 Å². The van der Waals surface area contributed by atoms with Crippen molar-refractivity contribution in [2.45, 2.75) is 13.1 Å². The summed E-state index contributed by atoms with van der Waals surface area (Å²) in [6.45, 7) is 1.28. The molecule has 116 valence electrons. The fraction of sp³-hybridized carbons (Fsp3) is 0.231. The van der Waals surface area contributed by atoms with Crippen LogP contribution in [-0.4, -0.2) is 28.0 Å². The molecular formula is C13H11F3N4O2. The Kier molecular flexibility index (Phi) is 4.25. The minimum Gasteiger partial charge on any atom is -0.481 e. The van der Waals surface area contributed by atoms with Gasteiger partial charge in [-0.05, 0) is 13.0 Å². The summed E-state index contributed by atoms with van der Waals surface area (Å²) < 4.78 is 42.9. The first-order valence-electron chi connectivity index (χ1n) is 6.04. The number of nitrogens with zero attached hydrogens (tertiary/aromatic N) is 3. The number of carbonyl (C=O) groups is 1. The zero-order valence-corrected chi connectivity index (χ0v) is 11.6. The first kappa shape index (κ1) is 15.7. The Labute approximate surface area is 123 Å². The molecule has 22 heavy (non-hydrogen) atoms. The van der Waals surface area contributed by atoms with E-state index >= 15 is 0 Å². The number of anilines is 1. The topological polar surface area (TPSA) is 77.0 Å². The van der Waals surface area contributed by atoms with Crippen LogP contribution < -0.4 is 10.1 Å². The molecule has 0 bridgehead atoms. The largest absolute Gasteiger partial charge is 0.481 e. The van der Waals surface area contributed by atoms with E-state index in [1.54, 1.807) is 0 Å². The normalized spacial score (nSPS) is 11.1. The molecule has 0 fully saturated rings. The van der Waals surface area contributed by atoms with Gasteiger partial charge in [-0.25, -0.2) is 15.0 Å². The number of halogens is 3. The summed E-state index contributed by atoms with van der Waals surface area (Å²) in [5.74, 6) is -0.592. The second-order valence-electron chi connectivity index (χ2n) is 4.23. The van der Waals surface area contributed by atoms with Crippen LogP contribution in [0.3, 0.4) is 0 Å². The highest BCUT2D eigenvalue weighted by Gasteiger charge is 2.34. The molecule has 0 spiro atoms. The second-order valence-corrected chi connectivity index (χ2v) is 4.23. The molecule has 2 aromatic rings. The lowest BCUT2D eigenvalue weighted by atomic mass is 10.3. The number of hydrogen-bond donors (Lipinski definition) is 1. The molecule has 0 atom stereocenters. The second kappa shape index (κ2) is 5.96. The van der Waals surface area contributed by atoms with Gasteiger partial charge in [0, 0.05) is 12.1 Å². The van der Waals surface area contributed by atoms with Crippen LogP contribution in [0.2, 0.25) is 0 Å². The molecular weight excluding hydrogens is 301 g/mol. The molecule has 0 aliphatic carbocycles. The van der Waals surface area contributed by atoms with Crippen molar-refractivity contribution >= 4 is 11.6 Å². The van der Waals surface area contributed by atoms with Gasteiger partial charge in [-0.1, -0.05) is 0 Å². The number of aromatic nitrogens is 3. The summed E-state index contributed by atoms with van der Waals surface area (Å²) in [6.07, 6.45) is -3.33. The first-order valence-corrected chi connectivity index (χ1v) is 6.04. The van der Waals surface area contributed by atoms with Gasteiger partial charge in [-0.15, -0.1) is 0 Å². The van der Waals surface area contributed by atoms with Crippen LogP contribution in [0.5, 0.6) is 5.88 Å². The number of ether oxygens (including phenoxy) is 1. The lowest BCUT2D eigenvalue weighted by Crippen LogP contribution is -2.18. The third kappa shape index (κ3) is 3.68. The van der Waals surface area contributed by atoms with E-state index in [1.807, 2.05) is 0 Å². The van der Waals surface area contributed by atoms with Gasteiger partial charge in [-0.2, -0.15) is 13.2 Å². The third-order valence-corrected chi connectivity index (χ3v) is 2.56. The van der Waals surface area contributed by atoms with Crippen LogP contribution in [-0.2, 0) is 6.18 Å². The molecule has 1 N–H and O–H groups in total. The summed E-state index contributed by atoms with van der Waals surface area (Å²) in [5.41, 5.74) is -1.25. The van der Waals surface area contributed by atoms with Gasteiger partial charge in [0.15, 0.2) is 0 Å². The van der Waals surface area contributed by atoms with Gasteiger partial charge < -0.3 is 10.1 Å². The van der Waals surface area contributed by atoms with Gasteiger partial charge in [0.2, 0.25) is 5.88 Å². The van der Waals surface area contributed by atoms with Gasteiger partial charge in [0.1, 0.15) is 17.2 Å². The number of rotatable bonds is 3. The first-order chi connectivity index (χ1) is 10.3. The average Bonchev–Trinajstić information content (AvgIpc) is 2.46. The van der Waals surface area contributed by atoms with Crippen molar-refractivity contribution in [3.63, 3.8) is 0 Å².